The maximum absolute atomic E-state index is 5.76. The van der Waals surface area contributed by atoms with Gasteiger partial charge in [-0.1, -0.05) is 6.07 Å². The minimum atomic E-state index is 0.497. The molecule has 0 radical (unpaired) electrons. The summed E-state index contributed by atoms with van der Waals surface area (Å²) >= 11 is 10.8. The molecular formula is C12H11BrClNOS. The van der Waals surface area contributed by atoms with Crippen LogP contribution in [-0.2, 0) is 12.5 Å². The molecule has 0 saturated carbocycles. The van der Waals surface area contributed by atoms with Gasteiger partial charge in [-0.3, -0.25) is 0 Å². The summed E-state index contributed by atoms with van der Waals surface area (Å²) in [6.07, 6.45) is 0. The van der Waals surface area contributed by atoms with Gasteiger partial charge in [0.1, 0.15) is 17.4 Å². The zero-order valence-electron chi connectivity index (χ0n) is 9.24. The van der Waals surface area contributed by atoms with Crippen LogP contribution in [0.5, 0.6) is 5.75 Å². The van der Waals surface area contributed by atoms with Crippen LogP contribution >= 0.6 is 38.9 Å². The quantitative estimate of drug-likeness (QED) is 0.767. The number of ether oxygens (including phenoxy) is 1. The Hall–Kier alpha value is -0.580. The Morgan fingerprint density at radius 3 is 2.88 bits per heavy atom. The first-order chi connectivity index (χ1) is 8.19. The lowest BCUT2D eigenvalue weighted by atomic mass is 10.2. The average molecular weight is 333 g/mol. The van der Waals surface area contributed by atoms with Gasteiger partial charge < -0.3 is 4.74 Å². The first kappa shape index (κ1) is 12.9. The highest BCUT2D eigenvalue weighted by Crippen LogP contribution is 2.27. The van der Waals surface area contributed by atoms with Crippen molar-refractivity contribution < 1.29 is 4.74 Å². The molecule has 2 aromatic rings. The summed E-state index contributed by atoms with van der Waals surface area (Å²) in [4.78, 5) is 4.35. The number of halogens is 2. The molecule has 0 aliphatic heterocycles. The molecule has 0 amide bonds. The van der Waals surface area contributed by atoms with Gasteiger partial charge in [0.15, 0.2) is 0 Å². The van der Waals surface area contributed by atoms with Crippen LogP contribution in [0.3, 0.4) is 0 Å². The highest BCUT2D eigenvalue weighted by Gasteiger charge is 2.04. The monoisotopic (exact) mass is 331 g/mol. The van der Waals surface area contributed by atoms with Crippen LogP contribution < -0.4 is 4.74 Å². The van der Waals surface area contributed by atoms with Crippen LogP contribution in [0.2, 0.25) is 0 Å². The summed E-state index contributed by atoms with van der Waals surface area (Å²) in [6.45, 7) is 2.47. The molecular weight excluding hydrogens is 322 g/mol. The van der Waals surface area contributed by atoms with Crippen molar-refractivity contribution in [3.8, 4) is 5.75 Å². The van der Waals surface area contributed by atoms with Gasteiger partial charge in [0.25, 0.3) is 0 Å². The topological polar surface area (TPSA) is 22.1 Å². The zero-order chi connectivity index (χ0) is 12.3. The van der Waals surface area contributed by atoms with E-state index >= 15 is 0 Å². The van der Waals surface area contributed by atoms with Crippen molar-refractivity contribution in [3.63, 3.8) is 0 Å². The minimum Gasteiger partial charge on any atom is -0.485 e. The van der Waals surface area contributed by atoms with Gasteiger partial charge in [0.05, 0.1) is 4.47 Å². The molecule has 17 heavy (non-hydrogen) atoms. The van der Waals surface area contributed by atoms with Crippen molar-refractivity contribution in [2.24, 2.45) is 0 Å². The second-order valence-electron chi connectivity index (χ2n) is 3.57. The van der Waals surface area contributed by atoms with Gasteiger partial charge in [-0.25, -0.2) is 4.98 Å². The van der Waals surface area contributed by atoms with E-state index in [0.717, 1.165) is 26.5 Å². The Bertz CT molecular complexity index is 515. The largest absolute Gasteiger partial charge is 0.485 e. The molecule has 1 heterocycles. The highest BCUT2D eigenvalue weighted by molar-refractivity contribution is 9.10. The fourth-order valence-electron chi connectivity index (χ4n) is 1.35. The van der Waals surface area contributed by atoms with Crippen LogP contribution in [0.15, 0.2) is 28.1 Å². The summed E-state index contributed by atoms with van der Waals surface area (Å²) in [5, 5.41) is 3.00. The molecule has 0 N–H and O–H groups in total. The number of benzene rings is 1. The SMILES string of the molecule is Cc1csc(COc2ccc(CCl)cc2Br)n1. The van der Waals surface area contributed by atoms with Gasteiger partial charge in [-0.05, 0) is 40.5 Å². The molecule has 5 heteroatoms. The van der Waals surface area contributed by atoms with E-state index in [0.29, 0.717) is 12.5 Å². The fourth-order valence-corrected chi connectivity index (χ4v) is 2.74. The lowest BCUT2D eigenvalue weighted by Crippen LogP contribution is -1.96. The number of hydrogen-bond donors (Lipinski definition) is 0. The standard InChI is InChI=1S/C12H11BrClNOS/c1-8-7-17-12(15-8)6-16-11-3-2-9(5-14)4-10(11)13/h2-4,7H,5-6H2,1H3. The van der Waals surface area contributed by atoms with Crippen molar-refractivity contribution in [3.05, 3.63) is 44.3 Å². The Morgan fingerprint density at radius 1 is 1.47 bits per heavy atom. The van der Waals surface area contributed by atoms with E-state index in [2.05, 4.69) is 20.9 Å². The lowest BCUT2D eigenvalue weighted by molar-refractivity contribution is 0.303. The first-order valence-corrected chi connectivity index (χ1v) is 7.28. The van der Waals surface area contributed by atoms with Gasteiger partial charge in [-0.2, -0.15) is 0 Å². The van der Waals surface area contributed by atoms with Crippen LogP contribution in [0, 0.1) is 6.92 Å². The minimum absolute atomic E-state index is 0.497. The van der Waals surface area contributed by atoms with E-state index in [1.165, 1.54) is 0 Å². The van der Waals surface area contributed by atoms with Crippen LogP contribution in [0.25, 0.3) is 0 Å². The summed E-state index contributed by atoms with van der Waals surface area (Å²) in [7, 11) is 0. The van der Waals surface area contributed by atoms with Gasteiger partial charge in [-0.15, -0.1) is 22.9 Å². The second kappa shape index (κ2) is 5.85. The molecule has 2 nitrogen and oxygen atoms in total. The summed E-state index contributed by atoms with van der Waals surface area (Å²) < 4.78 is 6.61. The Labute approximate surface area is 118 Å². The number of thiazole rings is 1. The third-order valence-electron chi connectivity index (χ3n) is 2.17. The Kier molecular flexibility index (Phi) is 4.42. The second-order valence-corrected chi connectivity index (χ2v) is 5.63. The highest BCUT2D eigenvalue weighted by atomic mass is 79.9. The smallest absolute Gasteiger partial charge is 0.140 e. The maximum atomic E-state index is 5.76. The van der Waals surface area contributed by atoms with Crippen molar-refractivity contribution in [1.29, 1.82) is 0 Å². The first-order valence-electron chi connectivity index (χ1n) is 5.07. The molecule has 0 atom stereocenters. The van der Waals surface area contributed by atoms with Crippen LogP contribution in [0.4, 0.5) is 0 Å². The van der Waals surface area contributed by atoms with E-state index in [9.17, 15) is 0 Å². The molecule has 0 spiro atoms. The Morgan fingerprint density at radius 2 is 2.29 bits per heavy atom. The maximum Gasteiger partial charge on any atom is 0.140 e. The predicted molar refractivity (Wildman–Crippen MR) is 74.9 cm³/mol. The number of alkyl halides is 1. The third kappa shape index (κ3) is 3.44. The number of rotatable bonds is 4. The molecule has 0 saturated heterocycles. The van der Waals surface area contributed by atoms with E-state index < -0.39 is 0 Å². The van der Waals surface area contributed by atoms with Gasteiger partial charge in [0, 0.05) is 17.0 Å². The normalized spacial score (nSPS) is 10.5. The molecule has 0 fully saturated rings. The van der Waals surface area contributed by atoms with E-state index in [1.807, 2.05) is 30.5 Å². The van der Waals surface area contributed by atoms with Gasteiger partial charge >= 0.3 is 0 Å². The number of aromatic nitrogens is 1. The van der Waals surface area contributed by atoms with Crippen molar-refractivity contribution in [2.45, 2.75) is 19.4 Å². The van der Waals surface area contributed by atoms with E-state index in [4.69, 9.17) is 16.3 Å². The van der Waals surface area contributed by atoms with Crippen molar-refractivity contribution in [2.75, 3.05) is 0 Å². The van der Waals surface area contributed by atoms with Crippen LogP contribution in [-0.4, -0.2) is 4.98 Å². The summed E-state index contributed by atoms with van der Waals surface area (Å²) in [5.41, 5.74) is 2.10. The summed E-state index contributed by atoms with van der Waals surface area (Å²) in [5.74, 6) is 1.32. The molecule has 0 aliphatic carbocycles. The number of aryl methyl sites for hydroxylation is 1. The fraction of sp³-hybridized carbons (Fsp3) is 0.250. The van der Waals surface area contributed by atoms with Crippen molar-refractivity contribution >= 4 is 38.9 Å². The number of nitrogens with zero attached hydrogens (tertiary/aromatic N) is 1. The average Bonchev–Trinajstić information content (AvgIpc) is 2.73. The zero-order valence-corrected chi connectivity index (χ0v) is 12.4. The number of hydrogen-bond acceptors (Lipinski definition) is 3. The van der Waals surface area contributed by atoms with E-state index in [-0.39, 0.29) is 0 Å². The molecule has 1 aromatic heterocycles. The predicted octanol–water partition coefficient (Wildman–Crippen LogP) is 4.53. The van der Waals surface area contributed by atoms with Crippen LogP contribution in [0.1, 0.15) is 16.3 Å². The molecule has 90 valence electrons. The molecule has 2 rings (SSSR count). The summed E-state index contributed by atoms with van der Waals surface area (Å²) in [6, 6.07) is 5.85. The van der Waals surface area contributed by atoms with Gasteiger partial charge in [0.2, 0.25) is 0 Å². The lowest BCUT2D eigenvalue weighted by Gasteiger charge is -2.07. The molecule has 1 aromatic carbocycles. The Balaban J connectivity index is 2.04. The molecule has 0 aliphatic rings. The van der Waals surface area contributed by atoms with E-state index in [1.54, 1.807) is 11.3 Å². The third-order valence-corrected chi connectivity index (χ3v) is 4.04. The molecule has 0 bridgehead atoms. The molecule has 0 unspecified atom stereocenters. The van der Waals surface area contributed by atoms with Crippen molar-refractivity contribution in [1.82, 2.24) is 4.98 Å².